The summed E-state index contributed by atoms with van der Waals surface area (Å²) in [6, 6.07) is 13.6. The number of hydrogen-bond acceptors (Lipinski definition) is 3. The smallest absolute Gasteiger partial charge is 0.137 e. The molecule has 0 aromatic heterocycles. The largest absolute Gasteiger partial charge is 0.496 e. The summed E-state index contributed by atoms with van der Waals surface area (Å²) in [5.74, 6) is 2.28. The van der Waals surface area contributed by atoms with Crippen molar-refractivity contribution in [1.29, 1.82) is 0 Å². The van der Waals surface area contributed by atoms with E-state index in [1.165, 1.54) is 0 Å². The van der Waals surface area contributed by atoms with Crippen molar-refractivity contribution in [1.82, 2.24) is 0 Å². The van der Waals surface area contributed by atoms with E-state index < -0.39 is 5.60 Å². The maximum atomic E-state index is 10.5. The quantitative estimate of drug-likeness (QED) is 0.853. The Labute approximate surface area is 132 Å². The molecule has 0 aliphatic heterocycles. The molecule has 0 saturated carbocycles. The molecule has 3 nitrogen and oxygen atoms in total. The molecule has 0 fully saturated rings. The van der Waals surface area contributed by atoms with Crippen molar-refractivity contribution in [3.8, 4) is 17.2 Å². The van der Waals surface area contributed by atoms with Crippen LogP contribution in [0.25, 0.3) is 0 Å². The lowest BCUT2D eigenvalue weighted by atomic mass is 9.92. The standard InChI is InChI=1S/C19H24O3/c1-5-19(3,20)13-16-17(21-4)12-11-14(2)18(16)22-15-9-7-6-8-10-15/h6-12,20H,5,13H2,1-4H3. The topological polar surface area (TPSA) is 38.7 Å². The van der Waals surface area contributed by atoms with Gasteiger partial charge in [-0.25, -0.2) is 0 Å². The molecule has 0 heterocycles. The molecule has 0 aliphatic rings. The monoisotopic (exact) mass is 300 g/mol. The van der Waals surface area contributed by atoms with Crippen LogP contribution in [0, 0.1) is 6.92 Å². The van der Waals surface area contributed by atoms with Crippen LogP contribution in [0.3, 0.4) is 0 Å². The Morgan fingerprint density at radius 3 is 2.36 bits per heavy atom. The van der Waals surface area contributed by atoms with Gasteiger partial charge >= 0.3 is 0 Å². The minimum atomic E-state index is -0.796. The highest BCUT2D eigenvalue weighted by Crippen LogP contribution is 2.37. The summed E-state index contributed by atoms with van der Waals surface area (Å²) in [4.78, 5) is 0. The van der Waals surface area contributed by atoms with Crippen LogP contribution < -0.4 is 9.47 Å². The fourth-order valence-electron chi connectivity index (χ4n) is 2.34. The number of rotatable bonds is 6. The first-order valence-electron chi connectivity index (χ1n) is 7.58. The number of aliphatic hydroxyl groups is 1. The Balaban J connectivity index is 2.46. The Morgan fingerprint density at radius 1 is 1.09 bits per heavy atom. The van der Waals surface area contributed by atoms with E-state index in [1.807, 2.05) is 63.2 Å². The SMILES string of the molecule is CCC(C)(O)Cc1c(OC)ccc(C)c1Oc1ccccc1. The molecule has 0 aliphatic carbocycles. The summed E-state index contributed by atoms with van der Waals surface area (Å²) >= 11 is 0. The first-order valence-corrected chi connectivity index (χ1v) is 7.58. The molecule has 0 spiro atoms. The molecular formula is C19H24O3. The minimum Gasteiger partial charge on any atom is -0.496 e. The molecule has 0 saturated heterocycles. The van der Waals surface area contributed by atoms with E-state index in [9.17, 15) is 5.11 Å². The molecule has 1 unspecified atom stereocenters. The van der Waals surface area contributed by atoms with E-state index >= 15 is 0 Å². The van der Waals surface area contributed by atoms with Gasteiger partial charge in [-0.1, -0.05) is 31.2 Å². The third kappa shape index (κ3) is 3.80. The normalized spacial score (nSPS) is 13.5. The predicted molar refractivity (Wildman–Crippen MR) is 88.9 cm³/mol. The van der Waals surface area contributed by atoms with Gasteiger partial charge in [0, 0.05) is 12.0 Å². The second-order valence-corrected chi connectivity index (χ2v) is 5.83. The molecule has 0 amide bonds. The molecule has 118 valence electrons. The molecular weight excluding hydrogens is 276 g/mol. The molecule has 2 aromatic rings. The van der Waals surface area contributed by atoms with Gasteiger partial charge in [-0.3, -0.25) is 0 Å². The van der Waals surface area contributed by atoms with Crippen LogP contribution >= 0.6 is 0 Å². The van der Waals surface area contributed by atoms with Crippen LogP contribution in [0.4, 0.5) is 0 Å². The van der Waals surface area contributed by atoms with Crippen LogP contribution in [0.5, 0.6) is 17.2 Å². The molecule has 3 heteroatoms. The zero-order valence-electron chi connectivity index (χ0n) is 13.7. The zero-order valence-corrected chi connectivity index (χ0v) is 13.7. The minimum absolute atomic E-state index is 0.483. The van der Waals surface area contributed by atoms with Gasteiger partial charge in [0.05, 0.1) is 12.7 Å². The van der Waals surface area contributed by atoms with Gasteiger partial charge in [0.1, 0.15) is 17.2 Å². The predicted octanol–water partition coefficient (Wildman–Crippen LogP) is 4.50. The molecule has 2 aromatic carbocycles. The van der Waals surface area contributed by atoms with Crippen molar-refractivity contribution < 1.29 is 14.6 Å². The molecule has 1 N–H and O–H groups in total. The van der Waals surface area contributed by atoms with Gasteiger partial charge in [-0.15, -0.1) is 0 Å². The van der Waals surface area contributed by atoms with Crippen LogP contribution in [-0.2, 0) is 6.42 Å². The second kappa shape index (κ2) is 6.84. The van der Waals surface area contributed by atoms with Crippen LogP contribution in [0.2, 0.25) is 0 Å². The first-order chi connectivity index (χ1) is 10.5. The summed E-state index contributed by atoms with van der Waals surface area (Å²) < 4.78 is 11.6. The van der Waals surface area contributed by atoms with E-state index in [-0.39, 0.29) is 0 Å². The van der Waals surface area contributed by atoms with Gasteiger partial charge in [-0.2, -0.15) is 0 Å². The third-order valence-electron chi connectivity index (χ3n) is 3.92. The maximum absolute atomic E-state index is 10.5. The third-order valence-corrected chi connectivity index (χ3v) is 3.92. The van der Waals surface area contributed by atoms with Crippen molar-refractivity contribution in [3.63, 3.8) is 0 Å². The van der Waals surface area contributed by atoms with Gasteiger partial charge in [-0.05, 0) is 44.0 Å². The second-order valence-electron chi connectivity index (χ2n) is 5.83. The van der Waals surface area contributed by atoms with Crippen LogP contribution in [0.15, 0.2) is 42.5 Å². The van der Waals surface area contributed by atoms with E-state index in [2.05, 4.69) is 0 Å². The fraction of sp³-hybridized carbons (Fsp3) is 0.368. The summed E-state index contributed by atoms with van der Waals surface area (Å²) in [5.41, 5.74) is 1.13. The van der Waals surface area contributed by atoms with Gasteiger partial charge < -0.3 is 14.6 Å². The highest BCUT2D eigenvalue weighted by Gasteiger charge is 2.24. The van der Waals surface area contributed by atoms with Gasteiger partial charge in [0.15, 0.2) is 0 Å². The summed E-state index contributed by atoms with van der Waals surface area (Å²) in [7, 11) is 1.64. The average molecular weight is 300 g/mol. The number of aryl methyl sites for hydroxylation is 1. The summed E-state index contributed by atoms with van der Waals surface area (Å²) in [6.07, 6.45) is 1.14. The molecule has 0 bridgehead atoms. The van der Waals surface area contributed by atoms with E-state index in [0.717, 1.165) is 28.4 Å². The number of methoxy groups -OCH3 is 1. The number of para-hydroxylation sites is 1. The number of hydrogen-bond donors (Lipinski definition) is 1. The van der Waals surface area contributed by atoms with Crippen molar-refractivity contribution in [2.75, 3.05) is 7.11 Å². The van der Waals surface area contributed by atoms with E-state index in [0.29, 0.717) is 12.8 Å². The summed E-state index contributed by atoms with van der Waals surface area (Å²) in [6.45, 7) is 5.81. The molecule has 22 heavy (non-hydrogen) atoms. The Bertz CT molecular complexity index is 618. The Hall–Kier alpha value is -2.00. The lowest BCUT2D eigenvalue weighted by Gasteiger charge is -2.25. The fourth-order valence-corrected chi connectivity index (χ4v) is 2.34. The molecule has 0 radical (unpaired) electrons. The maximum Gasteiger partial charge on any atom is 0.137 e. The zero-order chi connectivity index (χ0) is 16.2. The number of benzene rings is 2. The molecule has 2 rings (SSSR count). The summed E-state index contributed by atoms with van der Waals surface area (Å²) in [5, 5.41) is 10.5. The highest BCUT2D eigenvalue weighted by molar-refractivity contribution is 5.52. The van der Waals surface area contributed by atoms with Crippen molar-refractivity contribution in [2.45, 2.75) is 39.2 Å². The lowest BCUT2D eigenvalue weighted by molar-refractivity contribution is 0.0553. The Kier molecular flexibility index (Phi) is 5.09. The number of ether oxygens (including phenoxy) is 2. The van der Waals surface area contributed by atoms with Crippen LogP contribution in [-0.4, -0.2) is 17.8 Å². The highest BCUT2D eigenvalue weighted by atomic mass is 16.5. The van der Waals surface area contributed by atoms with Gasteiger partial charge in [0.25, 0.3) is 0 Å². The first kappa shape index (κ1) is 16.4. The van der Waals surface area contributed by atoms with Crippen molar-refractivity contribution >= 4 is 0 Å². The average Bonchev–Trinajstić information content (AvgIpc) is 2.52. The van der Waals surface area contributed by atoms with E-state index in [1.54, 1.807) is 7.11 Å². The van der Waals surface area contributed by atoms with E-state index in [4.69, 9.17) is 9.47 Å². The van der Waals surface area contributed by atoms with Gasteiger partial charge in [0.2, 0.25) is 0 Å². The van der Waals surface area contributed by atoms with Crippen LogP contribution in [0.1, 0.15) is 31.4 Å². The lowest BCUT2D eigenvalue weighted by Crippen LogP contribution is -2.26. The van der Waals surface area contributed by atoms with Crippen molar-refractivity contribution in [3.05, 3.63) is 53.6 Å². The molecule has 1 atom stereocenters. The Morgan fingerprint density at radius 2 is 1.77 bits per heavy atom. The van der Waals surface area contributed by atoms with Crippen molar-refractivity contribution in [2.24, 2.45) is 0 Å².